The highest BCUT2D eigenvalue weighted by Crippen LogP contribution is 2.49. The Kier molecular flexibility index (Phi) is 3.93. The van der Waals surface area contributed by atoms with E-state index in [1.165, 1.54) is 11.3 Å². The molecule has 4 N–H and O–H groups in total. The Hall–Kier alpha value is -1.71. The quantitative estimate of drug-likeness (QED) is 0.334. The van der Waals surface area contributed by atoms with Crippen LogP contribution in [0.15, 0.2) is 29.4 Å². The number of hydrogen-bond acceptors (Lipinski definition) is 3. The Morgan fingerprint density at radius 3 is 2.55 bits per heavy atom. The summed E-state index contributed by atoms with van der Waals surface area (Å²) in [6.45, 7) is 7.53. The molecule has 1 aromatic rings. The minimum atomic E-state index is 0.117. The van der Waals surface area contributed by atoms with Crippen molar-refractivity contribution < 1.29 is 5.21 Å². The minimum Gasteiger partial charge on any atom is -0.409 e. The molecular weight excluding hydrogens is 250 g/mol. The number of rotatable bonds is 5. The summed E-state index contributed by atoms with van der Waals surface area (Å²) in [5, 5.41) is 15.4. The van der Waals surface area contributed by atoms with Gasteiger partial charge >= 0.3 is 0 Å². The predicted molar refractivity (Wildman–Crippen MR) is 83.3 cm³/mol. The van der Waals surface area contributed by atoms with Crippen LogP contribution in [0.1, 0.15) is 45.6 Å². The van der Waals surface area contributed by atoms with Crippen molar-refractivity contribution in [2.75, 3.05) is 11.9 Å². The van der Waals surface area contributed by atoms with E-state index in [0.29, 0.717) is 12.3 Å². The van der Waals surface area contributed by atoms with E-state index in [1.54, 1.807) is 0 Å². The number of nitrogens with two attached hydrogens (primary N) is 1. The normalized spacial score (nSPS) is 17.9. The van der Waals surface area contributed by atoms with Gasteiger partial charge in [-0.15, -0.1) is 0 Å². The van der Waals surface area contributed by atoms with Crippen molar-refractivity contribution in [3.8, 4) is 0 Å². The first kappa shape index (κ1) is 14.7. The molecule has 4 heteroatoms. The SMILES string of the molecule is CC(C)(C)c1ccccc1NCC1(CC(N)=NO)CC1. The van der Waals surface area contributed by atoms with Crippen LogP contribution in [0.2, 0.25) is 0 Å². The second-order valence-electron chi connectivity index (χ2n) is 6.92. The molecule has 20 heavy (non-hydrogen) atoms. The Bertz CT molecular complexity index is 499. The molecule has 2 rings (SSSR count). The molecule has 110 valence electrons. The smallest absolute Gasteiger partial charge is 0.139 e. The van der Waals surface area contributed by atoms with Gasteiger partial charge in [0.1, 0.15) is 5.84 Å². The summed E-state index contributed by atoms with van der Waals surface area (Å²) < 4.78 is 0. The first-order valence-corrected chi connectivity index (χ1v) is 7.16. The van der Waals surface area contributed by atoms with E-state index in [4.69, 9.17) is 10.9 Å². The molecule has 0 atom stereocenters. The van der Waals surface area contributed by atoms with Gasteiger partial charge in [-0.25, -0.2) is 0 Å². The zero-order valence-electron chi connectivity index (χ0n) is 12.6. The van der Waals surface area contributed by atoms with Gasteiger partial charge in [-0.05, 0) is 35.3 Å². The van der Waals surface area contributed by atoms with Crippen molar-refractivity contribution in [2.24, 2.45) is 16.3 Å². The Labute approximate surface area is 121 Å². The van der Waals surface area contributed by atoms with E-state index >= 15 is 0 Å². The zero-order chi connectivity index (χ0) is 14.8. The van der Waals surface area contributed by atoms with Crippen LogP contribution in [0.3, 0.4) is 0 Å². The fourth-order valence-electron chi connectivity index (χ4n) is 2.59. The van der Waals surface area contributed by atoms with Gasteiger partial charge in [0, 0.05) is 18.7 Å². The highest BCUT2D eigenvalue weighted by atomic mass is 16.4. The second kappa shape index (κ2) is 5.35. The van der Waals surface area contributed by atoms with Gasteiger partial charge in [0.2, 0.25) is 0 Å². The van der Waals surface area contributed by atoms with E-state index in [-0.39, 0.29) is 10.8 Å². The number of hydrogen-bond donors (Lipinski definition) is 3. The largest absolute Gasteiger partial charge is 0.409 e. The van der Waals surface area contributed by atoms with Crippen molar-refractivity contribution in [2.45, 2.75) is 45.4 Å². The van der Waals surface area contributed by atoms with Crippen LogP contribution in [0.25, 0.3) is 0 Å². The molecule has 0 spiro atoms. The number of nitrogens with one attached hydrogen (secondary N) is 1. The van der Waals surface area contributed by atoms with Crippen LogP contribution in [-0.2, 0) is 5.41 Å². The lowest BCUT2D eigenvalue weighted by atomic mass is 9.85. The fraction of sp³-hybridized carbons (Fsp3) is 0.562. The fourth-order valence-corrected chi connectivity index (χ4v) is 2.59. The number of para-hydroxylation sites is 1. The maximum Gasteiger partial charge on any atom is 0.139 e. The summed E-state index contributed by atoms with van der Waals surface area (Å²) in [4.78, 5) is 0. The molecule has 1 saturated carbocycles. The van der Waals surface area contributed by atoms with E-state index in [1.807, 2.05) is 0 Å². The van der Waals surface area contributed by atoms with Gasteiger partial charge in [0.15, 0.2) is 0 Å². The Morgan fingerprint density at radius 2 is 2.00 bits per heavy atom. The maximum atomic E-state index is 8.70. The summed E-state index contributed by atoms with van der Waals surface area (Å²) in [6.07, 6.45) is 2.93. The van der Waals surface area contributed by atoms with Crippen molar-refractivity contribution in [3.63, 3.8) is 0 Å². The highest BCUT2D eigenvalue weighted by molar-refractivity contribution is 5.80. The maximum absolute atomic E-state index is 8.70. The molecule has 4 nitrogen and oxygen atoms in total. The van der Waals surface area contributed by atoms with Crippen LogP contribution in [0, 0.1) is 5.41 Å². The third-order valence-electron chi connectivity index (χ3n) is 4.03. The number of amidine groups is 1. The first-order valence-electron chi connectivity index (χ1n) is 7.16. The van der Waals surface area contributed by atoms with Crippen LogP contribution < -0.4 is 11.1 Å². The molecule has 0 heterocycles. The van der Waals surface area contributed by atoms with E-state index in [0.717, 1.165) is 19.4 Å². The summed E-state index contributed by atoms with van der Waals surface area (Å²) in [5.41, 5.74) is 8.43. The summed E-state index contributed by atoms with van der Waals surface area (Å²) >= 11 is 0. The number of oxime groups is 1. The van der Waals surface area contributed by atoms with Crippen molar-refractivity contribution >= 4 is 11.5 Å². The monoisotopic (exact) mass is 275 g/mol. The van der Waals surface area contributed by atoms with E-state index in [2.05, 4.69) is 55.5 Å². The third kappa shape index (κ3) is 3.44. The van der Waals surface area contributed by atoms with E-state index < -0.39 is 0 Å². The van der Waals surface area contributed by atoms with Crippen LogP contribution >= 0.6 is 0 Å². The second-order valence-corrected chi connectivity index (χ2v) is 6.92. The van der Waals surface area contributed by atoms with Crippen molar-refractivity contribution in [3.05, 3.63) is 29.8 Å². The Balaban J connectivity index is 2.05. The molecule has 0 unspecified atom stereocenters. The van der Waals surface area contributed by atoms with Crippen LogP contribution in [-0.4, -0.2) is 17.6 Å². The summed E-state index contributed by atoms with van der Waals surface area (Å²) in [7, 11) is 0. The zero-order valence-corrected chi connectivity index (χ0v) is 12.6. The van der Waals surface area contributed by atoms with Gasteiger partial charge < -0.3 is 16.3 Å². The molecule has 1 aliphatic rings. The summed E-state index contributed by atoms with van der Waals surface area (Å²) in [6, 6.07) is 8.43. The molecule has 0 aliphatic heterocycles. The van der Waals surface area contributed by atoms with Gasteiger partial charge in [-0.2, -0.15) is 0 Å². The minimum absolute atomic E-state index is 0.117. The lowest BCUT2D eigenvalue weighted by molar-refractivity contribution is 0.315. The molecule has 1 aliphatic carbocycles. The average molecular weight is 275 g/mol. The average Bonchev–Trinajstić information content (AvgIpc) is 3.16. The van der Waals surface area contributed by atoms with Gasteiger partial charge in [0.05, 0.1) is 0 Å². The first-order chi connectivity index (χ1) is 9.36. The topological polar surface area (TPSA) is 70.6 Å². The number of benzene rings is 1. The lowest BCUT2D eigenvalue weighted by Crippen LogP contribution is -2.24. The highest BCUT2D eigenvalue weighted by Gasteiger charge is 2.43. The molecule has 0 amide bonds. The molecule has 0 aromatic heterocycles. The molecule has 0 bridgehead atoms. The van der Waals surface area contributed by atoms with Crippen molar-refractivity contribution in [1.29, 1.82) is 0 Å². The molecule has 1 aromatic carbocycles. The predicted octanol–water partition coefficient (Wildman–Crippen LogP) is 3.31. The van der Waals surface area contributed by atoms with Gasteiger partial charge in [-0.3, -0.25) is 0 Å². The molecule has 1 fully saturated rings. The van der Waals surface area contributed by atoms with Crippen molar-refractivity contribution in [1.82, 2.24) is 0 Å². The standard InChI is InChI=1S/C16H25N3O/c1-15(2,3)12-6-4-5-7-13(12)18-11-16(8-9-16)10-14(17)19-20/h4-7,18,20H,8-11H2,1-3H3,(H2,17,19). The van der Waals surface area contributed by atoms with Crippen LogP contribution in [0.5, 0.6) is 0 Å². The number of anilines is 1. The Morgan fingerprint density at radius 1 is 1.35 bits per heavy atom. The van der Waals surface area contributed by atoms with E-state index in [9.17, 15) is 0 Å². The lowest BCUT2D eigenvalue weighted by Gasteiger charge is -2.25. The molecular formula is C16H25N3O. The summed E-state index contributed by atoms with van der Waals surface area (Å²) in [5.74, 6) is 0.327. The number of nitrogens with zero attached hydrogens (tertiary/aromatic N) is 1. The van der Waals surface area contributed by atoms with Crippen LogP contribution in [0.4, 0.5) is 5.69 Å². The van der Waals surface area contributed by atoms with Gasteiger partial charge in [-0.1, -0.05) is 44.1 Å². The molecule has 0 radical (unpaired) electrons. The third-order valence-corrected chi connectivity index (χ3v) is 4.03. The van der Waals surface area contributed by atoms with Gasteiger partial charge in [0.25, 0.3) is 0 Å². The molecule has 0 saturated heterocycles.